The molecule has 3 N–H and O–H groups in total. The molecule has 48 valence electrons. The Labute approximate surface area is 49.1 Å². The van der Waals surface area contributed by atoms with Crippen LogP contribution in [-0.4, -0.2) is 29.3 Å². The number of aliphatic hydroxyl groups is 1. The molecule has 3 heteroatoms. The summed E-state index contributed by atoms with van der Waals surface area (Å²) in [5.74, 6) is 5.46. The van der Waals surface area contributed by atoms with E-state index in [1.807, 2.05) is 0 Å². The summed E-state index contributed by atoms with van der Waals surface area (Å²) in [5.41, 5.74) is 0. The summed E-state index contributed by atoms with van der Waals surface area (Å²) in [4.78, 5) is 0. The highest BCUT2D eigenvalue weighted by Gasteiger charge is 2.25. The molecule has 3 nitrogen and oxygen atoms in total. The first-order valence-corrected chi connectivity index (χ1v) is 2.97. The van der Waals surface area contributed by atoms with Crippen LogP contribution in [0.25, 0.3) is 0 Å². The molecule has 0 heterocycles. The van der Waals surface area contributed by atoms with Gasteiger partial charge in [-0.25, -0.2) is 5.01 Å². The third-order valence-electron chi connectivity index (χ3n) is 1.37. The number of aliphatic hydroxyl groups excluding tert-OH is 1. The van der Waals surface area contributed by atoms with Gasteiger partial charge in [-0.3, -0.25) is 5.84 Å². The largest absolute Gasteiger partial charge is 0.395 e. The zero-order chi connectivity index (χ0) is 5.98. The van der Waals surface area contributed by atoms with E-state index in [0.29, 0.717) is 12.6 Å². The van der Waals surface area contributed by atoms with Gasteiger partial charge >= 0.3 is 0 Å². The average molecular weight is 116 g/mol. The van der Waals surface area contributed by atoms with Crippen molar-refractivity contribution >= 4 is 0 Å². The van der Waals surface area contributed by atoms with Crippen LogP contribution >= 0.6 is 0 Å². The molecule has 0 aromatic rings. The maximum atomic E-state index is 8.39. The van der Waals surface area contributed by atoms with Crippen molar-refractivity contribution in [2.24, 2.45) is 5.84 Å². The van der Waals surface area contributed by atoms with Crippen LogP contribution in [0, 0.1) is 0 Å². The lowest BCUT2D eigenvalue weighted by atomic mass is 10.6. The van der Waals surface area contributed by atoms with Crippen LogP contribution in [-0.2, 0) is 0 Å². The van der Waals surface area contributed by atoms with E-state index in [9.17, 15) is 0 Å². The van der Waals surface area contributed by atoms with Gasteiger partial charge in [-0.15, -0.1) is 0 Å². The second-order valence-electron chi connectivity index (χ2n) is 2.19. The zero-order valence-electron chi connectivity index (χ0n) is 4.88. The van der Waals surface area contributed by atoms with Crippen molar-refractivity contribution in [3.05, 3.63) is 0 Å². The predicted molar refractivity (Wildman–Crippen MR) is 31.0 cm³/mol. The maximum absolute atomic E-state index is 8.39. The Bertz CT molecular complexity index is 72.8. The molecule has 1 aliphatic carbocycles. The fraction of sp³-hybridized carbons (Fsp3) is 1.00. The van der Waals surface area contributed by atoms with Gasteiger partial charge < -0.3 is 5.11 Å². The molecule has 1 saturated carbocycles. The SMILES string of the molecule is NN(CCO)C1CC1. The summed E-state index contributed by atoms with van der Waals surface area (Å²) in [7, 11) is 0. The lowest BCUT2D eigenvalue weighted by Crippen LogP contribution is -2.35. The Morgan fingerprint density at radius 2 is 2.25 bits per heavy atom. The maximum Gasteiger partial charge on any atom is 0.0572 e. The first-order valence-electron chi connectivity index (χ1n) is 2.97. The molecule has 0 saturated heterocycles. The normalized spacial score (nSPS) is 19.9. The standard InChI is InChI=1S/C5H12N2O/c6-7(3-4-8)5-1-2-5/h5,8H,1-4,6H2. The van der Waals surface area contributed by atoms with E-state index in [1.54, 1.807) is 5.01 Å². The van der Waals surface area contributed by atoms with Gasteiger partial charge in [-0.2, -0.15) is 0 Å². The highest BCUT2D eigenvalue weighted by molar-refractivity contribution is 4.80. The van der Waals surface area contributed by atoms with Gasteiger partial charge in [0.25, 0.3) is 0 Å². The molecule has 1 aliphatic rings. The van der Waals surface area contributed by atoms with Gasteiger partial charge in [0, 0.05) is 12.6 Å². The fourth-order valence-electron chi connectivity index (χ4n) is 0.704. The molecule has 0 amide bonds. The second-order valence-corrected chi connectivity index (χ2v) is 2.19. The third-order valence-corrected chi connectivity index (χ3v) is 1.37. The number of rotatable bonds is 3. The van der Waals surface area contributed by atoms with E-state index in [1.165, 1.54) is 12.8 Å². The molecular formula is C5H12N2O. The molecule has 1 fully saturated rings. The quantitative estimate of drug-likeness (QED) is 0.379. The first-order chi connectivity index (χ1) is 3.84. The Morgan fingerprint density at radius 1 is 1.62 bits per heavy atom. The van der Waals surface area contributed by atoms with E-state index in [0.717, 1.165) is 0 Å². The van der Waals surface area contributed by atoms with E-state index in [4.69, 9.17) is 10.9 Å². The summed E-state index contributed by atoms with van der Waals surface area (Å²) in [6.45, 7) is 0.789. The average Bonchev–Trinajstić information content (AvgIpc) is 2.45. The van der Waals surface area contributed by atoms with Crippen molar-refractivity contribution in [1.82, 2.24) is 5.01 Å². The highest BCUT2D eigenvalue weighted by Crippen LogP contribution is 2.23. The minimum absolute atomic E-state index is 0.174. The molecule has 0 aromatic carbocycles. The number of hydrazine groups is 1. The molecule has 0 atom stereocenters. The summed E-state index contributed by atoms with van der Waals surface area (Å²) in [5, 5.41) is 10.1. The van der Waals surface area contributed by atoms with Crippen molar-refractivity contribution in [3.8, 4) is 0 Å². The van der Waals surface area contributed by atoms with Gasteiger partial charge in [0.1, 0.15) is 0 Å². The van der Waals surface area contributed by atoms with Crippen molar-refractivity contribution in [2.75, 3.05) is 13.2 Å². The molecule has 8 heavy (non-hydrogen) atoms. The van der Waals surface area contributed by atoms with Crippen LogP contribution < -0.4 is 5.84 Å². The number of hydrogen-bond acceptors (Lipinski definition) is 3. The van der Waals surface area contributed by atoms with E-state index in [2.05, 4.69) is 0 Å². The lowest BCUT2D eigenvalue weighted by molar-refractivity contribution is 0.192. The van der Waals surface area contributed by atoms with Crippen molar-refractivity contribution in [1.29, 1.82) is 0 Å². The molecule has 0 unspecified atom stereocenters. The van der Waals surface area contributed by atoms with Crippen LogP contribution in [0.1, 0.15) is 12.8 Å². The number of hydrogen-bond donors (Lipinski definition) is 2. The Morgan fingerprint density at radius 3 is 2.62 bits per heavy atom. The third kappa shape index (κ3) is 1.43. The van der Waals surface area contributed by atoms with Gasteiger partial charge in [0.2, 0.25) is 0 Å². The number of nitrogens with zero attached hydrogens (tertiary/aromatic N) is 1. The van der Waals surface area contributed by atoms with Crippen LogP contribution in [0.5, 0.6) is 0 Å². The van der Waals surface area contributed by atoms with Crippen molar-refractivity contribution in [3.63, 3.8) is 0 Å². The van der Waals surface area contributed by atoms with Gasteiger partial charge in [0.15, 0.2) is 0 Å². The zero-order valence-corrected chi connectivity index (χ0v) is 4.88. The van der Waals surface area contributed by atoms with Gasteiger partial charge in [-0.1, -0.05) is 0 Å². The van der Waals surface area contributed by atoms with E-state index in [-0.39, 0.29) is 6.61 Å². The minimum atomic E-state index is 0.174. The van der Waals surface area contributed by atoms with Crippen LogP contribution in [0.3, 0.4) is 0 Å². The summed E-state index contributed by atoms with van der Waals surface area (Å²) >= 11 is 0. The second kappa shape index (κ2) is 2.44. The van der Waals surface area contributed by atoms with E-state index >= 15 is 0 Å². The minimum Gasteiger partial charge on any atom is -0.395 e. The molecule has 1 rings (SSSR count). The smallest absolute Gasteiger partial charge is 0.0572 e. The monoisotopic (exact) mass is 116 g/mol. The topological polar surface area (TPSA) is 49.5 Å². The molecule has 0 spiro atoms. The van der Waals surface area contributed by atoms with Crippen LogP contribution in [0.4, 0.5) is 0 Å². The van der Waals surface area contributed by atoms with Crippen LogP contribution in [0.2, 0.25) is 0 Å². The number of nitrogens with two attached hydrogens (primary N) is 1. The summed E-state index contributed by atoms with van der Waals surface area (Å²) < 4.78 is 0. The van der Waals surface area contributed by atoms with Gasteiger partial charge in [0.05, 0.1) is 6.61 Å². The van der Waals surface area contributed by atoms with Crippen molar-refractivity contribution in [2.45, 2.75) is 18.9 Å². The fourth-order valence-corrected chi connectivity index (χ4v) is 0.704. The highest BCUT2D eigenvalue weighted by atomic mass is 16.3. The Kier molecular flexibility index (Phi) is 1.83. The first kappa shape index (κ1) is 6.01. The molecule has 0 bridgehead atoms. The Balaban J connectivity index is 2.03. The molecular weight excluding hydrogens is 104 g/mol. The molecule has 0 aromatic heterocycles. The molecule has 0 aliphatic heterocycles. The van der Waals surface area contributed by atoms with Gasteiger partial charge in [-0.05, 0) is 12.8 Å². The van der Waals surface area contributed by atoms with Crippen molar-refractivity contribution < 1.29 is 5.11 Å². The summed E-state index contributed by atoms with van der Waals surface area (Å²) in [6.07, 6.45) is 2.41. The van der Waals surface area contributed by atoms with E-state index < -0.39 is 0 Å². The Hall–Kier alpha value is -0.120. The lowest BCUT2D eigenvalue weighted by Gasteiger charge is -2.11. The summed E-state index contributed by atoms with van der Waals surface area (Å²) in [6, 6.07) is 0.571. The van der Waals surface area contributed by atoms with Crippen LogP contribution in [0.15, 0.2) is 0 Å². The predicted octanol–water partition coefficient (Wildman–Crippen LogP) is -0.683. The molecule has 0 radical (unpaired) electrons.